The van der Waals surface area contributed by atoms with Crippen molar-refractivity contribution >= 4 is 17.4 Å². The molecule has 0 heterocycles. The molecule has 0 aliphatic heterocycles. The van der Waals surface area contributed by atoms with E-state index in [4.69, 9.17) is 11.6 Å². The topological polar surface area (TPSA) is 17.1 Å². The first kappa shape index (κ1) is 11.3. The molecule has 2 aliphatic carbocycles. The highest BCUT2D eigenvalue weighted by atomic mass is 35.5. The van der Waals surface area contributed by atoms with Gasteiger partial charge in [-0.1, -0.05) is 43.0 Å². The molecule has 1 aromatic carbocycles. The van der Waals surface area contributed by atoms with E-state index in [0.29, 0.717) is 5.78 Å². The van der Waals surface area contributed by atoms with Crippen LogP contribution in [0.3, 0.4) is 0 Å². The van der Waals surface area contributed by atoms with Crippen molar-refractivity contribution in [3.63, 3.8) is 0 Å². The fourth-order valence-corrected chi connectivity index (χ4v) is 3.76. The summed E-state index contributed by atoms with van der Waals surface area (Å²) in [5, 5.41) is 0.765. The highest BCUT2D eigenvalue weighted by Crippen LogP contribution is 2.47. The third kappa shape index (κ3) is 1.72. The van der Waals surface area contributed by atoms with Gasteiger partial charge in [0.25, 0.3) is 0 Å². The lowest BCUT2D eigenvalue weighted by Gasteiger charge is -2.39. The summed E-state index contributed by atoms with van der Waals surface area (Å²) in [6.45, 7) is 0. The van der Waals surface area contributed by atoms with Crippen molar-refractivity contribution in [1.82, 2.24) is 0 Å². The first-order chi connectivity index (χ1) is 8.23. The van der Waals surface area contributed by atoms with Crippen molar-refractivity contribution in [2.45, 2.75) is 44.9 Å². The molecule has 0 bridgehead atoms. The molecule has 1 nitrogen and oxygen atoms in total. The lowest BCUT2D eigenvalue weighted by molar-refractivity contribution is 0.0669. The van der Waals surface area contributed by atoms with Crippen LogP contribution in [0.2, 0.25) is 5.02 Å². The number of benzene rings is 1. The van der Waals surface area contributed by atoms with Crippen LogP contribution in [-0.4, -0.2) is 5.78 Å². The smallest absolute Gasteiger partial charge is 0.169 e. The Morgan fingerprint density at radius 1 is 1.06 bits per heavy atom. The molecule has 0 aromatic heterocycles. The van der Waals surface area contributed by atoms with E-state index in [1.165, 1.54) is 19.3 Å². The minimum absolute atomic E-state index is 0.0457. The summed E-state index contributed by atoms with van der Waals surface area (Å²) in [4.78, 5) is 12.7. The number of halogens is 1. The molecule has 0 radical (unpaired) electrons. The van der Waals surface area contributed by atoms with Gasteiger partial charge in [0.05, 0.1) is 0 Å². The lowest BCUT2D eigenvalue weighted by atomic mass is 9.63. The maximum Gasteiger partial charge on any atom is 0.169 e. The van der Waals surface area contributed by atoms with Crippen LogP contribution in [0.4, 0.5) is 0 Å². The number of ketones is 1. The normalized spacial score (nSPS) is 22.5. The number of fused-ring (bicyclic) bond motifs is 1. The molecule has 2 aliphatic rings. The van der Waals surface area contributed by atoms with Gasteiger partial charge in [-0.2, -0.15) is 0 Å². The van der Waals surface area contributed by atoms with Gasteiger partial charge in [-0.05, 0) is 37.3 Å². The number of carbonyl (C=O) groups is 1. The second-order valence-electron chi connectivity index (χ2n) is 5.44. The molecule has 0 saturated heterocycles. The molecule has 0 unspecified atom stereocenters. The number of Topliss-reactive ketones (excluding diaryl/α,β-unsaturated/α-hetero) is 1. The van der Waals surface area contributed by atoms with Gasteiger partial charge >= 0.3 is 0 Å². The van der Waals surface area contributed by atoms with E-state index >= 15 is 0 Å². The SMILES string of the molecule is O=C1c2cccc(Cl)c2CCC12CCCCC2. The number of hydrogen-bond donors (Lipinski definition) is 0. The van der Waals surface area contributed by atoms with Crippen molar-refractivity contribution in [3.8, 4) is 0 Å². The van der Waals surface area contributed by atoms with Crippen LogP contribution >= 0.6 is 11.6 Å². The van der Waals surface area contributed by atoms with Crippen molar-refractivity contribution < 1.29 is 4.79 Å². The van der Waals surface area contributed by atoms with Crippen LogP contribution in [-0.2, 0) is 6.42 Å². The van der Waals surface area contributed by atoms with Crippen molar-refractivity contribution in [1.29, 1.82) is 0 Å². The molecule has 90 valence electrons. The number of rotatable bonds is 0. The Bertz CT molecular complexity index is 458. The second-order valence-corrected chi connectivity index (χ2v) is 5.84. The van der Waals surface area contributed by atoms with E-state index < -0.39 is 0 Å². The predicted molar refractivity (Wildman–Crippen MR) is 69.6 cm³/mol. The summed E-state index contributed by atoms with van der Waals surface area (Å²) in [5.74, 6) is 0.362. The maximum atomic E-state index is 12.7. The lowest BCUT2D eigenvalue weighted by Crippen LogP contribution is -2.37. The van der Waals surface area contributed by atoms with Crippen LogP contribution in [0.15, 0.2) is 18.2 Å². The Morgan fingerprint density at radius 2 is 1.82 bits per heavy atom. The van der Waals surface area contributed by atoms with Gasteiger partial charge < -0.3 is 0 Å². The monoisotopic (exact) mass is 248 g/mol. The summed E-state index contributed by atoms with van der Waals surface area (Å²) >= 11 is 6.18. The van der Waals surface area contributed by atoms with E-state index in [1.54, 1.807) is 0 Å². The quantitative estimate of drug-likeness (QED) is 0.664. The van der Waals surface area contributed by atoms with Crippen LogP contribution in [0, 0.1) is 5.41 Å². The summed E-state index contributed by atoms with van der Waals surface area (Å²) in [6, 6.07) is 5.76. The van der Waals surface area contributed by atoms with Crippen molar-refractivity contribution in [2.24, 2.45) is 5.41 Å². The largest absolute Gasteiger partial charge is 0.294 e. The van der Waals surface area contributed by atoms with E-state index in [-0.39, 0.29) is 5.41 Å². The van der Waals surface area contributed by atoms with Gasteiger partial charge in [0.2, 0.25) is 0 Å². The zero-order valence-corrected chi connectivity index (χ0v) is 10.7. The van der Waals surface area contributed by atoms with Crippen LogP contribution in [0.1, 0.15) is 54.4 Å². The van der Waals surface area contributed by atoms with Crippen LogP contribution in [0.25, 0.3) is 0 Å². The second kappa shape index (κ2) is 4.13. The van der Waals surface area contributed by atoms with E-state index in [9.17, 15) is 4.79 Å². The van der Waals surface area contributed by atoms with Gasteiger partial charge in [0, 0.05) is 16.0 Å². The average Bonchev–Trinajstić information content (AvgIpc) is 2.36. The molecular formula is C15H17ClO. The molecule has 17 heavy (non-hydrogen) atoms. The van der Waals surface area contributed by atoms with Crippen LogP contribution in [0.5, 0.6) is 0 Å². The summed E-state index contributed by atoms with van der Waals surface area (Å²) in [5.41, 5.74) is 1.93. The first-order valence-corrected chi connectivity index (χ1v) is 6.93. The Hall–Kier alpha value is -0.820. The first-order valence-electron chi connectivity index (χ1n) is 6.55. The Kier molecular flexibility index (Phi) is 2.74. The Balaban J connectivity index is 2.03. The molecule has 1 saturated carbocycles. The summed E-state index contributed by atoms with van der Waals surface area (Å²) < 4.78 is 0. The van der Waals surface area contributed by atoms with E-state index in [2.05, 4.69) is 0 Å². The molecule has 3 rings (SSSR count). The van der Waals surface area contributed by atoms with Crippen molar-refractivity contribution in [2.75, 3.05) is 0 Å². The van der Waals surface area contributed by atoms with Gasteiger partial charge in [0.1, 0.15) is 0 Å². The third-order valence-electron chi connectivity index (χ3n) is 4.51. The van der Waals surface area contributed by atoms with E-state index in [0.717, 1.165) is 41.8 Å². The summed E-state index contributed by atoms with van der Waals surface area (Å²) in [7, 11) is 0. The standard InChI is InChI=1S/C15H17ClO/c16-13-6-4-5-12-11(13)7-10-15(14(12)17)8-2-1-3-9-15/h4-6H,1-3,7-10H2. The molecule has 1 aromatic rings. The highest BCUT2D eigenvalue weighted by molar-refractivity contribution is 6.32. The van der Waals surface area contributed by atoms with E-state index in [1.807, 2.05) is 18.2 Å². The molecular weight excluding hydrogens is 232 g/mol. The fourth-order valence-electron chi connectivity index (χ4n) is 3.49. The van der Waals surface area contributed by atoms with Gasteiger partial charge in [-0.25, -0.2) is 0 Å². The molecule has 0 N–H and O–H groups in total. The van der Waals surface area contributed by atoms with Crippen LogP contribution < -0.4 is 0 Å². The zero-order chi connectivity index (χ0) is 11.9. The van der Waals surface area contributed by atoms with Crippen molar-refractivity contribution in [3.05, 3.63) is 34.3 Å². The molecule has 0 amide bonds. The third-order valence-corrected chi connectivity index (χ3v) is 4.86. The molecule has 0 atom stereocenters. The fraction of sp³-hybridized carbons (Fsp3) is 0.533. The van der Waals surface area contributed by atoms with Gasteiger partial charge in [-0.15, -0.1) is 0 Å². The number of carbonyl (C=O) groups excluding carboxylic acids is 1. The predicted octanol–water partition coefficient (Wildman–Crippen LogP) is 4.42. The minimum atomic E-state index is -0.0457. The Labute approximate surface area is 107 Å². The highest BCUT2D eigenvalue weighted by Gasteiger charge is 2.43. The Morgan fingerprint density at radius 3 is 2.59 bits per heavy atom. The molecule has 1 fully saturated rings. The average molecular weight is 249 g/mol. The van der Waals surface area contributed by atoms with Gasteiger partial charge in [-0.3, -0.25) is 4.79 Å². The molecule has 1 spiro atoms. The number of hydrogen-bond acceptors (Lipinski definition) is 1. The summed E-state index contributed by atoms with van der Waals surface area (Å²) in [6.07, 6.45) is 7.85. The maximum absolute atomic E-state index is 12.7. The zero-order valence-electron chi connectivity index (χ0n) is 9.97. The molecule has 2 heteroatoms. The van der Waals surface area contributed by atoms with Gasteiger partial charge in [0.15, 0.2) is 5.78 Å². The minimum Gasteiger partial charge on any atom is -0.294 e.